The van der Waals surface area contributed by atoms with Crippen LogP contribution < -0.4 is 15.1 Å². The Morgan fingerprint density at radius 3 is 1.98 bits per heavy atom. The Bertz CT molecular complexity index is 1800. The molecule has 2 fully saturated rings. The van der Waals surface area contributed by atoms with Crippen LogP contribution in [0.4, 0.5) is 0 Å². The predicted octanol–water partition coefficient (Wildman–Crippen LogP) is 12.0. The van der Waals surface area contributed by atoms with Crippen molar-refractivity contribution in [2.24, 2.45) is 5.92 Å². The molecule has 2 aliphatic heterocycles. The van der Waals surface area contributed by atoms with Crippen molar-refractivity contribution >= 4 is 56.3 Å². The average Bonchev–Trinajstić information content (AvgIpc) is 3.25. The molecule has 3 aromatic rings. The lowest BCUT2D eigenvalue weighted by Gasteiger charge is -2.44. The Labute approximate surface area is 391 Å². The maximum Gasteiger partial charge on any atom is 0.261 e. The molecule has 0 saturated carbocycles. The van der Waals surface area contributed by atoms with Crippen LogP contribution in [0.2, 0.25) is 23.2 Å². The normalized spacial score (nSPS) is 20.2. The number of methoxy groups -OCH3 is 1. The summed E-state index contributed by atoms with van der Waals surface area (Å²) in [4.78, 5) is 14.4. The smallest absolute Gasteiger partial charge is 0.261 e. The fourth-order valence-corrected chi connectivity index (χ4v) is 20.5. The highest BCUT2D eigenvalue weighted by atomic mass is 32.2. The van der Waals surface area contributed by atoms with E-state index in [0.717, 1.165) is 65.8 Å². The number of hydrogen-bond acceptors (Lipinski definition) is 9. The Morgan fingerprint density at radius 2 is 1.44 bits per heavy atom. The van der Waals surface area contributed by atoms with Crippen LogP contribution in [0.25, 0.3) is 0 Å². The summed E-state index contributed by atoms with van der Waals surface area (Å²) in [5, 5.41) is 2.46. The Morgan fingerprint density at radius 1 is 0.873 bits per heavy atom. The van der Waals surface area contributed by atoms with Crippen LogP contribution in [-0.4, -0.2) is 82.4 Å². The molecule has 2 aliphatic rings. The van der Waals surface area contributed by atoms with Crippen molar-refractivity contribution in [2.75, 3.05) is 31.8 Å². The molecule has 0 bridgehead atoms. The highest BCUT2D eigenvalue weighted by Gasteiger charge is 2.50. The molecule has 0 aromatic heterocycles. The largest absolute Gasteiger partial charge is 0.497 e. The van der Waals surface area contributed by atoms with Crippen molar-refractivity contribution in [3.8, 4) is 5.75 Å². The Balaban J connectivity index is 1.30. The summed E-state index contributed by atoms with van der Waals surface area (Å²) in [6, 6.07) is 32.9. The van der Waals surface area contributed by atoms with E-state index in [0.29, 0.717) is 39.1 Å². The third-order valence-electron chi connectivity index (χ3n) is 13.1. The summed E-state index contributed by atoms with van der Waals surface area (Å²) in [6.45, 7) is 26.3. The van der Waals surface area contributed by atoms with E-state index in [1.165, 1.54) is 10.4 Å². The number of ether oxygens (including phenoxy) is 4. The van der Waals surface area contributed by atoms with Gasteiger partial charge < -0.3 is 27.8 Å². The van der Waals surface area contributed by atoms with Crippen molar-refractivity contribution in [1.82, 2.24) is 0 Å². The van der Waals surface area contributed by atoms with E-state index in [-0.39, 0.29) is 39.1 Å². The number of carbonyl (C=O) groups is 1. The molecule has 0 spiro atoms. The molecule has 63 heavy (non-hydrogen) atoms. The van der Waals surface area contributed by atoms with E-state index >= 15 is 0 Å². The predicted molar refractivity (Wildman–Crippen MR) is 271 cm³/mol. The van der Waals surface area contributed by atoms with Gasteiger partial charge in [-0.1, -0.05) is 133 Å². The van der Waals surface area contributed by atoms with Crippen LogP contribution in [0.5, 0.6) is 5.75 Å². The van der Waals surface area contributed by atoms with Crippen molar-refractivity contribution in [3.05, 3.63) is 103 Å². The zero-order chi connectivity index (χ0) is 45.7. The van der Waals surface area contributed by atoms with Gasteiger partial charge in [-0.05, 0) is 102 Å². The van der Waals surface area contributed by atoms with Crippen LogP contribution in [0.1, 0.15) is 106 Å². The van der Waals surface area contributed by atoms with Gasteiger partial charge in [0.05, 0.1) is 42.7 Å². The van der Waals surface area contributed by atoms with Crippen LogP contribution in [0.3, 0.4) is 0 Å². The number of thioether (sulfide) groups is 2. The lowest BCUT2D eigenvalue weighted by atomic mass is 9.94. The molecule has 0 aliphatic carbocycles. The first-order chi connectivity index (χ1) is 30.0. The van der Waals surface area contributed by atoms with Gasteiger partial charge in [0.1, 0.15) is 11.5 Å². The van der Waals surface area contributed by atoms with Gasteiger partial charge in [0.2, 0.25) is 0 Å². The molecule has 0 amide bonds. The molecule has 4 atom stereocenters. The zero-order valence-electron chi connectivity index (χ0n) is 40.2. The maximum absolute atomic E-state index is 14.4. The van der Waals surface area contributed by atoms with E-state index in [4.69, 9.17) is 34.4 Å². The van der Waals surface area contributed by atoms with Crippen LogP contribution in [0, 0.1) is 5.92 Å². The Kier molecular flexibility index (Phi) is 19.3. The molecular formula is C52H78O7S2Si2. The van der Waals surface area contributed by atoms with Gasteiger partial charge in [-0.15, -0.1) is 23.5 Å². The lowest BCUT2D eigenvalue weighted by molar-refractivity contribution is -0.305. The molecule has 5 rings (SSSR count). The number of carbonyl (C=O) groups excluding carboxylic acids is 1. The van der Waals surface area contributed by atoms with Crippen LogP contribution in [0.15, 0.2) is 97.1 Å². The SMILES string of the molecule is C=C(CC(CC1(CC(=O)C[C@@H]2C[C@H](COCc3ccc(OC)cc3)OC(C)(C)O2)SCCCS1)O[Si](CC)(CC)CC)[C@@H](C)CO[Si](c1ccccc1)(c1ccccc1)C(C)(C)C. The summed E-state index contributed by atoms with van der Waals surface area (Å²) in [6.07, 6.45) is 3.73. The number of hydrogen-bond donors (Lipinski definition) is 0. The summed E-state index contributed by atoms with van der Waals surface area (Å²) < 4.78 is 38.8. The first-order valence-electron chi connectivity index (χ1n) is 23.5. The minimum Gasteiger partial charge on any atom is -0.497 e. The van der Waals surface area contributed by atoms with Crippen LogP contribution >= 0.6 is 23.5 Å². The molecule has 11 heteroatoms. The highest BCUT2D eigenvalue weighted by molar-refractivity contribution is 8.18. The van der Waals surface area contributed by atoms with E-state index in [9.17, 15) is 4.79 Å². The van der Waals surface area contributed by atoms with Crippen molar-refractivity contribution < 1.29 is 32.6 Å². The zero-order valence-corrected chi connectivity index (χ0v) is 43.8. The number of rotatable bonds is 24. The molecule has 0 radical (unpaired) electrons. The van der Waals surface area contributed by atoms with Crippen molar-refractivity contribution in [1.29, 1.82) is 0 Å². The monoisotopic (exact) mass is 934 g/mol. The van der Waals surface area contributed by atoms with Gasteiger partial charge in [-0.2, -0.15) is 0 Å². The first kappa shape index (κ1) is 51.8. The first-order valence-corrected chi connectivity index (χ1v) is 29.9. The lowest BCUT2D eigenvalue weighted by Crippen LogP contribution is -2.66. The number of ketones is 1. The van der Waals surface area contributed by atoms with Gasteiger partial charge in [-0.25, -0.2) is 0 Å². The van der Waals surface area contributed by atoms with Crippen molar-refractivity contribution in [2.45, 2.75) is 159 Å². The standard InChI is InChI=1S/C52H78O7S2Si2/c1-12-62(13-2,14-3)59-46(32-40(4)41(5)37-56-63(50(6,7)8,48-22-17-15-18-23-48)49-24-19-16-20-25-49)36-52(60-30-21-31-61-52)35-43(53)33-45-34-47(58-51(9,10)57-45)39-55-38-42-26-28-44(54-11)29-27-42/h15-20,22-29,41,45-47H,4,12-14,21,30-39H2,1-3,5-11H3/t41-,45+,46?,47+/m0/s1. The maximum atomic E-state index is 14.4. The molecule has 1 unspecified atom stereocenters. The summed E-state index contributed by atoms with van der Waals surface area (Å²) in [5.41, 5.74) is 2.23. The minimum atomic E-state index is -2.71. The van der Waals surface area contributed by atoms with Crippen LogP contribution in [-0.2, 0) is 34.5 Å². The van der Waals surface area contributed by atoms with Gasteiger partial charge in [-0.3, -0.25) is 4.79 Å². The molecule has 348 valence electrons. The fourth-order valence-electron chi connectivity index (χ4n) is 9.49. The molecule has 7 nitrogen and oxygen atoms in total. The van der Waals surface area contributed by atoms with Gasteiger partial charge in [0.15, 0.2) is 14.1 Å². The van der Waals surface area contributed by atoms with Crippen molar-refractivity contribution in [3.63, 3.8) is 0 Å². The van der Waals surface area contributed by atoms with Gasteiger partial charge in [0.25, 0.3) is 8.32 Å². The summed E-state index contributed by atoms with van der Waals surface area (Å²) >= 11 is 3.94. The second-order valence-electron chi connectivity index (χ2n) is 19.3. The highest BCUT2D eigenvalue weighted by Crippen LogP contribution is 2.50. The molecule has 3 aromatic carbocycles. The molecular weight excluding hydrogens is 857 g/mol. The van der Waals surface area contributed by atoms with Gasteiger partial charge >= 0.3 is 0 Å². The molecule has 2 heterocycles. The summed E-state index contributed by atoms with van der Waals surface area (Å²) in [5.74, 6) is 2.46. The topological polar surface area (TPSA) is 72.5 Å². The average molecular weight is 935 g/mol. The fraction of sp³-hybridized carbons (Fsp3) is 0.596. The quantitative estimate of drug-likeness (QED) is 0.0645. The third-order valence-corrected chi connectivity index (χ3v) is 26.2. The van der Waals surface area contributed by atoms with E-state index in [2.05, 4.69) is 109 Å². The van der Waals surface area contributed by atoms with E-state index in [1.54, 1.807) is 7.11 Å². The second kappa shape index (κ2) is 23.5. The van der Waals surface area contributed by atoms with E-state index in [1.807, 2.05) is 61.6 Å². The molecule has 0 N–H and O–H groups in total. The Hall–Kier alpha value is -2.20. The van der Waals surface area contributed by atoms with Gasteiger partial charge in [0, 0.05) is 25.9 Å². The minimum absolute atomic E-state index is 0.0317. The third kappa shape index (κ3) is 14.2. The summed E-state index contributed by atoms with van der Waals surface area (Å²) in [7, 11) is -3.06. The second-order valence-corrected chi connectivity index (χ2v) is 31.5. The number of benzene rings is 3. The van der Waals surface area contributed by atoms with E-state index < -0.39 is 22.4 Å². The molecule has 2 saturated heterocycles. The number of Topliss-reactive ketones (excluding diaryl/α,β-unsaturated/α-hetero) is 1.